The second-order valence-electron chi connectivity index (χ2n) is 6.24. The maximum Gasteiger partial charge on any atom is 0.263 e. The molecule has 0 bridgehead atoms. The van der Waals surface area contributed by atoms with Crippen LogP contribution in [-0.4, -0.2) is 42.8 Å². The first-order valence-electron chi connectivity index (χ1n) is 8.66. The topological polar surface area (TPSA) is 41.6 Å². The summed E-state index contributed by atoms with van der Waals surface area (Å²) < 4.78 is 19.4. The van der Waals surface area contributed by atoms with Crippen LogP contribution in [0.25, 0.3) is 0 Å². The number of carbonyl (C=O) groups excluding carboxylic acids is 1. The van der Waals surface area contributed by atoms with Crippen molar-refractivity contribution in [3.8, 4) is 5.75 Å². The lowest BCUT2D eigenvalue weighted by atomic mass is 10.0. The van der Waals surface area contributed by atoms with E-state index in [0.29, 0.717) is 25.4 Å². The molecule has 1 fully saturated rings. The molecule has 0 aromatic heterocycles. The van der Waals surface area contributed by atoms with Crippen molar-refractivity contribution >= 4 is 17.7 Å². The quantitative estimate of drug-likeness (QED) is 0.814. The predicted molar refractivity (Wildman–Crippen MR) is 102 cm³/mol. The van der Waals surface area contributed by atoms with Crippen molar-refractivity contribution in [2.75, 3.05) is 25.9 Å². The summed E-state index contributed by atoms with van der Waals surface area (Å²) in [4.78, 5) is 15.9. The zero-order chi connectivity index (χ0) is 18.5. The Balaban J connectivity index is 1.72. The number of rotatable bonds is 5. The maximum absolute atomic E-state index is 13.6. The molecule has 0 aliphatic carbocycles. The van der Waals surface area contributed by atoms with Crippen LogP contribution < -0.4 is 10.1 Å². The molecule has 4 nitrogen and oxygen atoms in total. The van der Waals surface area contributed by atoms with E-state index in [-0.39, 0.29) is 17.8 Å². The fourth-order valence-electron chi connectivity index (χ4n) is 3.12. The standard InChI is InChI=1S/C20H23FN2O2S/c1-14(25-17-6-8-18(26-2)9-7-17)20(24)23-11-10-22-13-19(23)15-4-3-5-16(21)12-15/h3-9,12,14,19,22H,10-11,13H2,1-2H3. The molecule has 1 aliphatic heterocycles. The van der Waals surface area contributed by atoms with Gasteiger partial charge < -0.3 is 15.0 Å². The van der Waals surface area contributed by atoms with Gasteiger partial charge in [0, 0.05) is 24.5 Å². The highest BCUT2D eigenvalue weighted by Crippen LogP contribution is 2.25. The van der Waals surface area contributed by atoms with E-state index >= 15 is 0 Å². The average molecular weight is 374 g/mol. The van der Waals surface area contributed by atoms with E-state index in [1.54, 1.807) is 29.7 Å². The minimum atomic E-state index is -0.607. The number of nitrogens with one attached hydrogen (secondary N) is 1. The first kappa shape index (κ1) is 18.7. The Morgan fingerprint density at radius 3 is 2.77 bits per heavy atom. The number of hydrogen-bond donors (Lipinski definition) is 1. The van der Waals surface area contributed by atoms with Crippen molar-refractivity contribution in [3.63, 3.8) is 0 Å². The molecule has 0 radical (unpaired) electrons. The van der Waals surface area contributed by atoms with E-state index in [4.69, 9.17) is 4.74 Å². The molecule has 138 valence electrons. The summed E-state index contributed by atoms with van der Waals surface area (Å²) >= 11 is 1.66. The first-order valence-corrected chi connectivity index (χ1v) is 9.88. The van der Waals surface area contributed by atoms with E-state index in [9.17, 15) is 9.18 Å². The van der Waals surface area contributed by atoms with Crippen LogP contribution in [0.5, 0.6) is 5.75 Å². The zero-order valence-electron chi connectivity index (χ0n) is 14.9. The summed E-state index contributed by atoms with van der Waals surface area (Å²) in [5, 5.41) is 3.28. The number of carbonyl (C=O) groups is 1. The largest absolute Gasteiger partial charge is 0.481 e. The monoisotopic (exact) mass is 374 g/mol. The van der Waals surface area contributed by atoms with Gasteiger partial charge in [0.25, 0.3) is 5.91 Å². The molecule has 0 saturated carbocycles. The Labute approximate surface area is 157 Å². The van der Waals surface area contributed by atoms with E-state index in [1.165, 1.54) is 12.1 Å². The van der Waals surface area contributed by atoms with E-state index < -0.39 is 6.10 Å². The van der Waals surface area contributed by atoms with Crippen LogP contribution in [0.1, 0.15) is 18.5 Å². The van der Waals surface area contributed by atoms with Crippen molar-refractivity contribution in [2.24, 2.45) is 0 Å². The highest BCUT2D eigenvalue weighted by atomic mass is 32.2. The second-order valence-corrected chi connectivity index (χ2v) is 7.12. The molecule has 1 heterocycles. The molecule has 2 aromatic rings. The first-order chi connectivity index (χ1) is 12.6. The van der Waals surface area contributed by atoms with Gasteiger partial charge in [0.1, 0.15) is 11.6 Å². The zero-order valence-corrected chi connectivity index (χ0v) is 15.8. The molecule has 1 saturated heterocycles. The van der Waals surface area contributed by atoms with Crippen LogP contribution in [0.2, 0.25) is 0 Å². The normalized spacial score (nSPS) is 18.4. The van der Waals surface area contributed by atoms with Gasteiger partial charge in [-0.1, -0.05) is 12.1 Å². The number of halogens is 1. The summed E-state index contributed by atoms with van der Waals surface area (Å²) in [5.41, 5.74) is 0.794. The van der Waals surface area contributed by atoms with Gasteiger partial charge in [-0.3, -0.25) is 4.79 Å². The Morgan fingerprint density at radius 1 is 1.31 bits per heavy atom. The van der Waals surface area contributed by atoms with E-state index in [0.717, 1.165) is 10.5 Å². The summed E-state index contributed by atoms with van der Waals surface area (Å²) in [6, 6.07) is 13.9. The maximum atomic E-state index is 13.6. The van der Waals surface area contributed by atoms with Crippen molar-refractivity contribution in [3.05, 3.63) is 59.9 Å². The van der Waals surface area contributed by atoms with Gasteiger partial charge in [-0.25, -0.2) is 4.39 Å². The Morgan fingerprint density at radius 2 is 2.08 bits per heavy atom. The van der Waals surface area contributed by atoms with Crippen LogP contribution in [0, 0.1) is 5.82 Å². The SMILES string of the molecule is CSc1ccc(OC(C)C(=O)N2CCNCC2c2cccc(F)c2)cc1. The van der Waals surface area contributed by atoms with Crippen LogP contribution in [-0.2, 0) is 4.79 Å². The van der Waals surface area contributed by atoms with Crippen LogP contribution in [0.4, 0.5) is 4.39 Å². The molecule has 1 amide bonds. The Hall–Kier alpha value is -2.05. The number of nitrogens with zero attached hydrogens (tertiary/aromatic N) is 1. The third kappa shape index (κ3) is 4.37. The van der Waals surface area contributed by atoms with Gasteiger partial charge in [-0.15, -0.1) is 11.8 Å². The van der Waals surface area contributed by atoms with E-state index in [1.807, 2.05) is 36.6 Å². The summed E-state index contributed by atoms with van der Waals surface area (Å²) in [6.07, 6.45) is 1.41. The molecule has 3 rings (SSSR count). The molecule has 1 aliphatic rings. The summed E-state index contributed by atoms with van der Waals surface area (Å²) in [7, 11) is 0. The van der Waals surface area contributed by atoms with Gasteiger partial charge in [-0.05, 0) is 55.1 Å². The number of thioether (sulfide) groups is 1. The lowest BCUT2D eigenvalue weighted by Crippen LogP contribution is -2.52. The number of ether oxygens (including phenoxy) is 1. The molecule has 2 atom stereocenters. The van der Waals surface area contributed by atoms with E-state index in [2.05, 4.69) is 5.32 Å². The molecule has 2 aromatic carbocycles. The highest BCUT2D eigenvalue weighted by molar-refractivity contribution is 7.98. The third-order valence-corrected chi connectivity index (χ3v) is 5.22. The third-order valence-electron chi connectivity index (χ3n) is 4.48. The van der Waals surface area contributed by atoms with Crippen LogP contribution >= 0.6 is 11.8 Å². The molecular weight excluding hydrogens is 351 g/mol. The number of benzene rings is 2. The summed E-state index contributed by atoms with van der Waals surface area (Å²) in [6.45, 7) is 3.64. The summed E-state index contributed by atoms with van der Waals surface area (Å²) in [5.74, 6) is 0.287. The molecule has 2 unspecified atom stereocenters. The van der Waals surface area contributed by atoms with Gasteiger partial charge in [0.15, 0.2) is 6.10 Å². The fourth-order valence-corrected chi connectivity index (χ4v) is 3.53. The number of amides is 1. The van der Waals surface area contributed by atoms with Crippen molar-refractivity contribution in [2.45, 2.75) is 24.0 Å². The van der Waals surface area contributed by atoms with Crippen molar-refractivity contribution in [1.29, 1.82) is 0 Å². The number of hydrogen-bond acceptors (Lipinski definition) is 4. The Kier molecular flexibility index (Phi) is 6.16. The second kappa shape index (κ2) is 8.56. The lowest BCUT2D eigenvalue weighted by Gasteiger charge is -2.38. The van der Waals surface area contributed by atoms with Gasteiger partial charge >= 0.3 is 0 Å². The minimum Gasteiger partial charge on any atom is -0.481 e. The van der Waals surface area contributed by atoms with Crippen LogP contribution in [0.3, 0.4) is 0 Å². The molecule has 6 heteroatoms. The molecule has 26 heavy (non-hydrogen) atoms. The van der Waals surface area contributed by atoms with Crippen molar-refractivity contribution in [1.82, 2.24) is 10.2 Å². The fraction of sp³-hybridized carbons (Fsp3) is 0.350. The average Bonchev–Trinajstić information content (AvgIpc) is 2.68. The Bertz CT molecular complexity index is 754. The highest BCUT2D eigenvalue weighted by Gasteiger charge is 2.31. The molecular formula is C20H23FN2O2S. The predicted octanol–water partition coefficient (Wildman–Crippen LogP) is 3.49. The molecule has 0 spiro atoms. The minimum absolute atomic E-state index is 0.0882. The number of piperazine rings is 1. The molecule has 1 N–H and O–H groups in total. The smallest absolute Gasteiger partial charge is 0.263 e. The lowest BCUT2D eigenvalue weighted by molar-refractivity contribution is -0.141. The van der Waals surface area contributed by atoms with Gasteiger partial charge in [-0.2, -0.15) is 0 Å². The van der Waals surface area contributed by atoms with Crippen molar-refractivity contribution < 1.29 is 13.9 Å². The van der Waals surface area contributed by atoms with Gasteiger partial charge in [0.05, 0.1) is 6.04 Å². The van der Waals surface area contributed by atoms with Gasteiger partial charge in [0.2, 0.25) is 0 Å². The van der Waals surface area contributed by atoms with Crippen LogP contribution in [0.15, 0.2) is 53.4 Å².